The zero-order valence-corrected chi connectivity index (χ0v) is 10.5. The molecule has 0 bridgehead atoms. The molecule has 0 saturated heterocycles. The zero-order chi connectivity index (χ0) is 12.8. The lowest BCUT2D eigenvalue weighted by Crippen LogP contribution is -2.07. The second kappa shape index (κ2) is 5.97. The molecule has 0 saturated carbocycles. The lowest BCUT2D eigenvalue weighted by Gasteiger charge is -2.07. The van der Waals surface area contributed by atoms with Crippen LogP contribution in [0.25, 0.3) is 0 Å². The summed E-state index contributed by atoms with van der Waals surface area (Å²) in [5.41, 5.74) is 1.68. The molecule has 0 atom stereocenters. The highest BCUT2D eigenvalue weighted by atomic mass is 32.1. The van der Waals surface area contributed by atoms with Gasteiger partial charge in [0.2, 0.25) is 5.91 Å². The number of thiazole rings is 1. The van der Waals surface area contributed by atoms with Crippen molar-refractivity contribution in [1.82, 2.24) is 4.98 Å². The van der Waals surface area contributed by atoms with Crippen molar-refractivity contribution in [1.29, 1.82) is 0 Å². The van der Waals surface area contributed by atoms with Gasteiger partial charge in [-0.25, -0.2) is 4.98 Å². The molecule has 1 aromatic heterocycles. The van der Waals surface area contributed by atoms with Gasteiger partial charge in [-0.15, -0.1) is 11.3 Å². The van der Waals surface area contributed by atoms with Crippen molar-refractivity contribution in [3.8, 4) is 0 Å². The fraction of sp³-hybridized carbons (Fsp3) is 0.0769. The molecule has 0 spiro atoms. The first kappa shape index (κ1) is 12.3. The van der Waals surface area contributed by atoms with Gasteiger partial charge in [0.05, 0.1) is 6.54 Å². The molecule has 2 N–H and O–H groups in total. The predicted molar refractivity (Wildman–Crippen MR) is 74.7 cm³/mol. The summed E-state index contributed by atoms with van der Waals surface area (Å²) in [6.07, 6.45) is 3.03. The van der Waals surface area contributed by atoms with Crippen LogP contribution in [0.5, 0.6) is 0 Å². The molecule has 0 aliphatic carbocycles. The summed E-state index contributed by atoms with van der Waals surface area (Å²) >= 11 is 1.60. The van der Waals surface area contributed by atoms with Crippen molar-refractivity contribution >= 4 is 28.6 Å². The smallest absolute Gasteiger partial charge is 0.247 e. The molecule has 0 radical (unpaired) electrons. The second-order valence-electron chi connectivity index (χ2n) is 3.55. The highest BCUT2D eigenvalue weighted by Gasteiger charge is 1.99. The Morgan fingerprint density at radius 2 is 2.28 bits per heavy atom. The Bertz CT molecular complexity index is 537. The number of nitrogens with zero attached hydrogens (tertiary/aromatic N) is 1. The predicted octanol–water partition coefficient (Wildman–Crippen LogP) is 2.88. The van der Waals surface area contributed by atoms with E-state index in [2.05, 4.69) is 22.2 Å². The third kappa shape index (κ3) is 3.43. The molecular formula is C13H13N3OS. The number of hydrogen-bond acceptors (Lipinski definition) is 4. The van der Waals surface area contributed by atoms with Gasteiger partial charge in [-0.1, -0.05) is 12.6 Å². The van der Waals surface area contributed by atoms with Crippen LogP contribution < -0.4 is 10.6 Å². The molecule has 1 amide bonds. The van der Waals surface area contributed by atoms with Gasteiger partial charge in [0.15, 0.2) is 0 Å². The molecule has 18 heavy (non-hydrogen) atoms. The van der Waals surface area contributed by atoms with Crippen LogP contribution in [-0.2, 0) is 11.3 Å². The van der Waals surface area contributed by atoms with Crippen molar-refractivity contribution < 1.29 is 4.79 Å². The third-order valence-electron chi connectivity index (χ3n) is 2.24. The van der Waals surface area contributed by atoms with Gasteiger partial charge in [0.1, 0.15) is 5.01 Å². The summed E-state index contributed by atoms with van der Waals surface area (Å²) < 4.78 is 0. The summed E-state index contributed by atoms with van der Waals surface area (Å²) in [6, 6.07) is 7.52. The van der Waals surface area contributed by atoms with E-state index in [1.807, 2.05) is 29.6 Å². The molecule has 5 heteroatoms. The molecule has 0 aliphatic heterocycles. The second-order valence-corrected chi connectivity index (χ2v) is 4.53. The van der Waals surface area contributed by atoms with Crippen LogP contribution in [0.4, 0.5) is 11.4 Å². The number of carbonyl (C=O) groups is 1. The van der Waals surface area contributed by atoms with Crippen molar-refractivity contribution in [2.45, 2.75) is 6.54 Å². The molecular weight excluding hydrogens is 246 g/mol. The van der Waals surface area contributed by atoms with Gasteiger partial charge >= 0.3 is 0 Å². The van der Waals surface area contributed by atoms with Gasteiger partial charge in [-0.2, -0.15) is 0 Å². The highest BCUT2D eigenvalue weighted by molar-refractivity contribution is 7.09. The van der Waals surface area contributed by atoms with Crippen LogP contribution in [-0.4, -0.2) is 10.9 Å². The van der Waals surface area contributed by atoms with E-state index in [0.717, 1.165) is 16.4 Å². The standard InChI is InChI=1S/C13H13N3OS/c1-2-12(17)16-11-5-3-4-10(8-11)15-9-13-14-6-7-18-13/h2-8,15H,1,9H2,(H,16,17). The Balaban J connectivity index is 1.98. The number of aromatic nitrogens is 1. The number of hydrogen-bond donors (Lipinski definition) is 2. The number of amides is 1. The van der Waals surface area contributed by atoms with Crippen molar-refractivity contribution in [2.24, 2.45) is 0 Å². The quantitative estimate of drug-likeness (QED) is 0.812. The summed E-state index contributed by atoms with van der Waals surface area (Å²) in [4.78, 5) is 15.4. The molecule has 0 fully saturated rings. The molecule has 2 aromatic rings. The molecule has 0 unspecified atom stereocenters. The van der Waals surface area contributed by atoms with E-state index in [1.54, 1.807) is 17.5 Å². The van der Waals surface area contributed by atoms with Crippen molar-refractivity contribution in [3.63, 3.8) is 0 Å². The summed E-state index contributed by atoms with van der Waals surface area (Å²) in [7, 11) is 0. The maximum atomic E-state index is 11.2. The number of nitrogens with one attached hydrogen (secondary N) is 2. The maximum Gasteiger partial charge on any atom is 0.247 e. The fourth-order valence-electron chi connectivity index (χ4n) is 1.42. The van der Waals surface area contributed by atoms with E-state index in [1.165, 1.54) is 6.08 Å². The first-order chi connectivity index (χ1) is 8.78. The minimum absolute atomic E-state index is 0.216. The fourth-order valence-corrected chi connectivity index (χ4v) is 1.97. The van der Waals surface area contributed by atoms with Gasteiger partial charge in [-0.3, -0.25) is 4.79 Å². The maximum absolute atomic E-state index is 11.2. The van der Waals surface area contributed by atoms with Crippen LogP contribution in [0.15, 0.2) is 48.5 Å². The van der Waals surface area contributed by atoms with Gasteiger partial charge in [0, 0.05) is 23.0 Å². The van der Waals surface area contributed by atoms with E-state index in [9.17, 15) is 4.79 Å². The Labute approximate surface area is 109 Å². The number of benzene rings is 1. The zero-order valence-electron chi connectivity index (χ0n) is 9.72. The number of anilines is 2. The summed E-state index contributed by atoms with van der Waals surface area (Å²) in [6.45, 7) is 4.09. The van der Waals surface area contributed by atoms with Crippen LogP contribution in [0.2, 0.25) is 0 Å². The molecule has 1 aromatic carbocycles. The topological polar surface area (TPSA) is 54.0 Å². The molecule has 1 heterocycles. The molecule has 4 nitrogen and oxygen atoms in total. The summed E-state index contributed by atoms with van der Waals surface area (Å²) in [5, 5.41) is 8.93. The average Bonchev–Trinajstić information content (AvgIpc) is 2.90. The Morgan fingerprint density at radius 1 is 1.44 bits per heavy atom. The van der Waals surface area contributed by atoms with Crippen LogP contribution in [0.3, 0.4) is 0 Å². The lowest BCUT2D eigenvalue weighted by molar-refractivity contribution is -0.111. The Kier molecular flexibility index (Phi) is 4.09. The normalized spacial score (nSPS) is 9.78. The molecule has 2 rings (SSSR count). The molecule has 0 aliphatic rings. The van der Waals surface area contributed by atoms with E-state index in [4.69, 9.17) is 0 Å². The molecule has 92 valence electrons. The van der Waals surface area contributed by atoms with Crippen LogP contribution >= 0.6 is 11.3 Å². The average molecular weight is 259 g/mol. The van der Waals surface area contributed by atoms with E-state index >= 15 is 0 Å². The minimum atomic E-state index is -0.216. The van der Waals surface area contributed by atoms with Crippen LogP contribution in [0, 0.1) is 0 Å². The van der Waals surface area contributed by atoms with Gasteiger partial charge < -0.3 is 10.6 Å². The van der Waals surface area contributed by atoms with Gasteiger partial charge in [-0.05, 0) is 24.3 Å². The Morgan fingerprint density at radius 3 is 3.00 bits per heavy atom. The van der Waals surface area contributed by atoms with E-state index < -0.39 is 0 Å². The van der Waals surface area contributed by atoms with Crippen molar-refractivity contribution in [3.05, 3.63) is 53.5 Å². The first-order valence-corrected chi connectivity index (χ1v) is 6.31. The van der Waals surface area contributed by atoms with Crippen molar-refractivity contribution in [2.75, 3.05) is 10.6 Å². The number of carbonyl (C=O) groups excluding carboxylic acids is 1. The SMILES string of the molecule is C=CC(=O)Nc1cccc(NCc2nccs2)c1. The monoisotopic (exact) mass is 259 g/mol. The highest BCUT2D eigenvalue weighted by Crippen LogP contribution is 2.16. The van der Waals surface area contributed by atoms with Gasteiger partial charge in [0.25, 0.3) is 0 Å². The minimum Gasteiger partial charge on any atom is -0.378 e. The Hall–Kier alpha value is -2.14. The lowest BCUT2D eigenvalue weighted by atomic mass is 10.2. The van der Waals surface area contributed by atoms with E-state index in [-0.39, 0.29) is 5.91 Å². The number of rotatable bonds is 5. The summed E-state index contributed by atoms with van der Waals surface area (Å²) in [5.74, 6) is -0.216. The largest absolute Gasteiger partial charge is 0.378 e. The van der Waals surface area contributed by atoms with Crippen LogP contribution in [0.1, 0.15) is 5.01 Å². The first-order valence-electron chi connectivity index (χ1n) is 5.43. The van der Waals surface area contributed by atoms with E-state index in [0.29, 0.717) is 6.54 Å². The third-order valence-corrected chi connectivity index (χ3v) is 3.02.